The highest BCUT2D eigenvalue weighted by atomic mass is 32.1. The molecule has 116 valence electrons. The van der Waals surface area contributed by atoms with Crippen LogP contribution in [0.25, 0.3) is 0 Å². The van der Waals surface area contributed by atoms with E-state index in [1.165, 1.54) is 4.90 Å². The van der Waals surface area contributed by atoms with Crippen LogP contribution < -0.4 is 0 Å². The van der Waals surface area contributed by atoms with Crippen molar-refractivity contribution < 1.29 is 14.7 Å². The molecule has 21 heavy (non-hydrogen) atoms. The van der Waals surface area contributed by atoms with Crippen molar-refractivity contribution in [2.24, 2.45) is 0 Å². The van der Waals surface area contributed by atoms with Crippen LogP contribution in [0.1, 0.15) is 61.8 Å². The number of amides is 1. The molecule has 0 saturated carbocycles. The lowest BCUT2D eigenvalue weighted by molar-refractivity contribution is -0.142. The Hall–Kier alpha value is -1.50. The van der Waals surface area contributed by atoms with Gasteiger partial charge in [-0.1, -0.05) is 38.1 Å². The highest BCUT2D eigenvalue weighted by molar-refractivity contribution is 7.08. The lowest BCUT2D eigenvalue weighted by Gasteiger charge is -2.27. The molecule has 1 amide bonds. The highest BCUT2D eigenvalue weighted by Gasteiger charge is 2.35. The van der Waals surface area contributed by atoms with Crippen molar-refractivity contribution in [3.63, 3.8) is 0 Å². The van der Waals surface area contributed by atoms with E-state index in [1.54, 1.807) is 0 Å². The summed E-state index contributed by atoms with van der Waals surface area (Å²) in [5, 5.41) is 13.5. The summed E-state index contributed by atoms with van der Waals surface area (Å²) in [5.41, 5.74) is 0.355. The van der Waals surface area contributed by atoms with Crippen molar-refractivity contribution in [2.75, 3.05) is 6.54 Å². The topological polar surface area (TPSA) is 83.4 Å². The number of likely N-dealkylation sites (tertiary alicyclic amines) is 1. The molecule has 1 N–H and O–H groups in total. The molecule has 7 heteroatoms. The monoisotopic (exact) mass is 311 g/mol. The van der Waals surface area contributed by atoms with Crippen molar-refractivity contribution in [2.45, 2.75) is 57.9 Å². The van der Waals surface area contributed by atoms with E-state index in [0.717, 1.165) is 30.8 Å². The molecule has 6 nitrogen and oxygen atoms in total. The number of carbonyl (C=O) groups excluding carboxylic acids is 1. The van der Waals surface area contributed by atoms with Crippen molar-refractivity contribution in [3.05, 3.63) is 10.6 Å². The average Bonchev–Trinajstić information content (AvgIpc) is 2.75. The third kappa shape index (κ3) is 3.40. The number of carboxylic acids is 1. The second kappa shape index (κ2) is 6.09. The second-order valence-corrected chi connectivity index (χ2v) is 7.16. The van der Waals surface area contributed by atoms with Gasteiger partial charge in [-0.2, -0.15) is 0 Å². The molecule has 1 aromatic rings. The first-order valence-corrected chi connectivity index (χ1v) is 7.96. The van der Waals surface area contributed by atoms with E-state index >= 15 is 0 Å². The fraction of sp³-hybridized carbons (Fsp3) is 0.714. The van der Waals surface area contributed by atoms with Gasteiger partial charge in [0.1, 0.15) is 10.9 Å². The molecular formula is C14H21N3O3S. The summed E-state index contributed by atoms with van der Waals surface area (Å²) in [6.07, 6.45) is 3.15. The Labute approximate surface area is 128 Å². The van der Waals surface area contributed by atoms with E-state index in [1.807, 2.05) is 20.8 Å². The van der Waals surface area contributed by atoms with Crippen LogP contribution in [0.4, 0.5) is 0 Å². The summed E-state index contributed by atoms with van der Waals surface area (Å²) in [7, 11) is 0. The molecule has 1 fully saturated rings. The van der Waals surface area contributed by atoms with E-state index in [0.29, 0.717) is 23.5 Å². The summed E-state index contributed by atoms with van der Waals surface area (Å²) in [6, 6.07) is -0.741. The quantitative estimate of drug-likeness (QED) is 0.906. The van der Waals surface area contributed by atoms with Gasteiger partial charge in [0, 0.05) is 12.0 Å². The normalized spacial score (nSPS) is 20.1. The highest BCUT2D eigenvalue weighted by Crippen LogP contribution is 2.28. The zero-order valence-electron chi connectivity index (χ0n) is 12.6. The Balaban J connectivity index is 2.33. The van der Waals surface area contributed by atoms with E-state index in [-0.39, 0.29) is 11.3 Å². The van der Waals surface area contributed by atoms with Crippen LogP contribution in [0.2, 0.25) is 0 Å². The zero-order valence-corrected chi connectivity index (χ0v) is 13.4. The molecular weight excluding hydrogens is 290 g/mol. The summed E-state index contributed by atoms with van der Waals surface area (Å²) in [6.45, 7) is 6.39. The Morgan fingerprint density at radius 3 is 2.62 bits per heavy atom. The molecule has 0 bridgehead atoms. The minimum Gasteiger partial charge on any atom is -0.480 e. The number of aromatic nitrogens is 2. The maximum atomic E-state index is 12.8. The number of hydrogen-bond acceptors (Lipinski definition) is 5. The summed E-state index contributed by atoms with van der Waals surface area (Å²) in [5.74, 6) is -1.18. The van der Waals surface area contributed by atoms with Crippen molar-refractivity contribution in [3.8, 4) is 0 Å². The van der Waals surface area contributed by atoms with Gasteiger partial charge >= 0.3 is 5.97 Å². The molecule has 1 aliphatic heterocycles. The largest absolute Gasteiger partial charge is 0.480 e. The first-order valence-electron chi connectivity index (χ1n) is 7.19. The summed E-state index contributed by atoms with van der Waals surface area (Å²) < 4.78 is 3.89. The molecule has 1 aliphatic rings. The van der Waals surface area contributed by atoms with Crippen LogP contribution in [0.5, 0.6) is 0 Å². The SMILES string of the molecule is CC(C)(C)c1nnsc1C(=O)N1CCCCCC1C(=O)O. The predicted octanol–water partition coefficient (Wildman–Crippen LogP) is 2.31. The smallest absolute Gasteiger partial charge is 0.326 e. The van der Waals surface area contributed by atoms with Crippen LogP contribution in [-0.4, -0.2) is 44.1 Å². The minimum absolute atomic E-state index is 0.246. The van der Waals surface area contributed by atoms with Gasteiger partial charge in [0.05, 0.1) is 5.69 Å². The number of aliphatic carboxylic acids is 1. The third-order valence-corrected chi connectivity index (χ3v) is 4.41. The number of rotatable bonds is 2. The second-order valence-electron chi connectivity index (χ2n) is 6.40. The fourth-order valence-corrected chi connectivity index (χ4v) is 3.39. The lowest BCUT2D eigenvalue weighted by Crippen LogP contribution is -2.45. The van der Waals surface area contributed by atoms with Gasteiger partial charge in [-0.15, -0.1) is 5.10 Å². The van der Waals surface area contributed by atoms with E-state index in [2.05, 4.69) is 9.59 Å². The van der Waals surface area contributed by atoms with E-state index < -0.39 is 12.0 Å². The third-order valence-electron chi connectivity index (χ3n) is 3.69. The van der Waals surface area contributed by atoms with E-state index in [4.69, 9.17) is 0 Å². The Morgan fingerprint density at radius 1 is 1.29 bits per heavy atom. The molecule has 0 aromatic carbocycles. The van der Waals surface area contributed by atoms with Gasteiger partial charge in [-0.3, -0.25) is 4.79 Å². The van der Waals surface area contributed by atoms with Crippen molar-refractivity contribution >= 4 is 23.4 Å². The molecule has 0 radical (unpaired) electrons. The molecule has 2 rings (SSSR count). The van der Waals surface area contributed by atoms with Gasteiger partial charge in [-0.05, 0) is 24.4 Å². The van der Waals surface area contributed by atoms with Crippen molar-refractivity contribution in [1.82, 2.24) is 14.5 Å². The van der Waals surface area contributed by atoms with Gasteiger partial charge in [0.2, 0.25) is 0 Å². The Morgan fingerprint density at radius 2 is 2.00 bits per heavy atom. The average molecular weight is 311 g/mol. The van der Waals surface area contributed by atoms with Crippen LogP contribution >= 0.6 is 11.5 Å². The lowest BCUT2D eigenvalue weighted by atomic mass is 9.91. The van der Waals surface area contributed by atoms with Gasteiger partial charge in [0.15, 0.2) is 0 Å². The summed E-state index contributed by atoms with van der Waals surface area (Å²) >= 11 is 1.05. The molecule has 1 atom stereocenters. The first kappa shape index (κ1) is 15.9. The number of hydrogen-bond donors (Lipinski definition) is 1. The predicted molar refractivity (Wildman–Crippen MR) is 79.5 cm³/mol. The molecule has 1 aromatic heterocycles. The Kier molecular flexibility index (Phi) is 4.61. The van der Waals surface area contributed by atoms with Crippen LogP contribution in [-0.2, 0) is 10.2 Å². The van der Waals surface area contributed by atoms with E-state index in [9.17, 15) is 14.7 Å². The summed E-state index contributed by atoms with van der Waals surface area (Å²) in [4.78, 5) is 26.2. The zero-order chi connectivity index (χ0) is 15.6. The molecule has 1 saturated heterocycles. The molecule has 2 heterocycles. The van der Waals surface area contributed by atoms with Crippen LogP contribution in [0.3, 0.4) is 0 Å². The van der Waals surface area contributed by atoms with Gasteiger partial charge in [-0.25, -0.2) is 4.79 Å². The van der Waals surface area contributed by atoms with Gasteiger partial charge < -0.3 is 10.0 Å². The molecule has 0 aliphatic carbocycles. The first-order chi connectivity index (χ1) is 9.82. The fourth-order valence-electron chi connectivity index (χ4n) is 2.56. The standard InChI is InChI=1S/C14H21N3O3S/c1-14(2,3)11-10(21-16-15-11)12(18)17-8-6-4-5-7-9(17)13(19)20/h9H,4-8H2,1-3H3,(H,19,20). The van der Waals surface area contributed by atoms with Gasteiger partial charge in [0.25, 0.3) is 5.91 Å². The van der Waals surface area contributed by atoms with Crippen molar-refractivity contribution in [1.29, 1.82) is 0 Å². The van der Waals surface area contributed by atoms with Crippen LogP contribution in [0.15, 0.2) is 0 Å². The number of carboxylic acid groups (broad SMARTS) is 1. The minimum atomic E-state index is -0.931. The Bertz CT molecular complexity index is 536. The molecule has 0 spiro atoms. The maximum absolute atomic E-state index is 12.8. The number of nitrogens with zero attached hydrogens (tertiary/aromatic N) is 3. The number of carbonyl (C=O) groups is 2. The molecule has 1 unspecified atom stereocenters. The maximum Gasteiger partial charge on any atom is 0.326 e. The van der Waals surface area contributed by atoms with Crippen LogP contribution in [0, 0.1) is 0 Å².